The summed E-state index contributed by atoms with van der Waals surface area (Å²) in [7, 11) is 0. The van der Waals surface area contributed by atoms with E-state index < -0.39 is 23.9 Å². The Morgan fingerprint density at radius 1 is 1.12 bits per heavy atom. The molecular formula is C15H15F4NO5. The average molecular weight is 365 g/mol. The SMILES string of the molecule is O=C(O)C(F)(F)F.O=C(O)c1cc(F)ccc1N1C2CCC1COC2. The molecule has 2 saturated heterocycles. The van der Waals surface area contributed by atoms with Crippen LogP contribution < -0.4 is 4.90 Å². The molecule has 2 N–H and O–H groups in total. The summed E-state index contributed by atoms with van der Waals surface area (Å²) in [6, 6.07) is 4.40. The van der Waals surface area contributed by atoms with E-state index in [1.165, 1.54) is 6.07 Å². The fourth-order valence-corrected chi connectivity index (χ4v) is 2.93. The van der Waals surface area contributed by atoms with E-state index >= 15 is 0 Å². The first-order valence-corrected chi connectivity index (χ1v) is 7.30. The lowest BCUT2D eigenvalue weighted by atomic mass is 10.1. The predicted molar refractivity (Wildman–Crippen MR) is 77.2 cm³/mol. The lowest BCUT2D eigenvalue weighted by molar-refractivity contribution is -0.192. The number of carbonyl (C=O) groups is 2. The van der Waals surface area contributed by atoms with Crippen LogP contribution >= 0.6 is 0 Å². The van der Waals surface area contributed by atoms with Gasteiger partial charge in [-0.15, -0.1) is 0 Å². The number of hydrogen-bond donors (Lipinski definition) is 2. The second-order valence-electron chi connectivity index (χ2n) is 5.60. The number of halogens is 4. The van der Waals surface area contributed by atoms with E-state index in [1.807, 2.05) is 0 Å². The zero-order chi connectivity index (χ0) is 18.8. The van der Waals surface area contributed by atoms with Crippen LogP contribution in [0.3, 0.4) is 0 Å². The number of aliphatic carboxylic acids is 1. The maximum atomic E-state index is 13.2. The molecule has 138 valence electrons. The molecular weight excluding hydrogens is 350 g/mol. The number of anilines is 1. The Kier molecular flexibility index (Phi) is 5.51. The van der Waals surface area contributed by atoms with Gasteiger partial charge in [-0.25, -0.2) is 14.0 Å². The maximum Gasteiger partial charge on any atom is 0.490 e. The van der Waals surface area contributed by atoms with Crippen LogP contribution in [0.1, 0.15) is 23.2 Å². The molecule has 2 bridgehead atoms. The first kappa shape index (κ1) is 19.0. The van der Waals surface area contributed by atoms with E-state index in [0.29, 0.717) is 18.9 Å². The molecule has 0 spiro atoms. The molecule has 1 aromatic rings. The van der Waals surface area contributed by atoms with Crippen LogP contribution in [-0.4, -0.2) is 53.6 Å². The van der Waals surface area contributed by atoms with Crippen molar-refractivity contribution in [3.05, 3.63) is 29.6 Å². The fraction of sp³-hybridized carbons (Fsp3) is 0.467. The van der Waals surface area contributed by atoms with Crippen LogP contribution in [0, 0.1) is 5.82 Å². The zero-order valence-electron chi connectivity index (χ0n) is 12.8. The third-order valence-electron chi connectivity index (χ3n) is 3.95. The van der Waals surface area contributed by atoms with Crippen LogP contribution in [0.5, 0.6) is 0 Å². The number of ether oxygens (including phenoxy) is 1. The Bertz CT molecular complexity index is 648. The van der Waals surface area contributed by atoms with E-state index in [1.54, 1.807) is 6.07 Å². The molecule has 10 heteroatoms. The lowest BCUT2D eigenvalue weighted by Gasteiger charge is -2.37. The van der Waals surface area contributed by atoms with E-state index in [0.717, 1.165) is 18.9 Å². The summed E-state index contributed by atoms with van der Waals surface area (Å²) in [5, 5.41) is 16.3. The highest BCUT2D eigenvalue weighted by Crippen LogP contribution is 2.36. The normalized spacial score (nSPS) is 22.2. The van der Waals surface area contributed by atoms with Crippen LogP contribution in [0.2, 0.25) is 0 Å². The third-order valence-corrected chi connectivity index (χ3v) is 3.95. The average Bonchev–Trinajstić information content (AvgIpc) is 2.75. The van der Waals surface area contributed by atoms with E-state index in [-0.39, 0.29) is 17.6 Å². The van der Waals surface area contributed by atoms with Gasteiger partial charge in [0.25, 0.3) is 0 Å². The Hall–Kier alpha value is -2.36. The second-order valence-corrected chi connectivity index (χ2v) is 5.60. The largest absolute Gasteiger partial charge is 0.490 e. The highest BCUT2D eigenvalue weighted by Gasteiger charge is 2.39. The molecule has 0 radical (unpaired) electrons. The number of rotatable bonds is 2. The molecule has 0 amide bonds. The van der Waals surface area contributed by atoms with E-state index in [9.17, 15) is 27.5 Å². The summed E-state index contributed by atoms with van der Waals surface area (Å²) < 4.78 is 50.4. The number of alkyl halides is 3. The molecule has 25 heavy (non-hydrogen) atoms. The van der Waals surface area contributed by atoms with Crippen LogP contribution in [-0.2, 0) is 9.53 Å². The quantitative estimate of drug-likeness (QED) is 0.784. The number of morpholine rings is 1. The lowest BCUT2D eigenvalue weighted by Crippen LogP contribution is -2.46. The zero-order valence-corrected chi connectivity index (χ0v) is 12.8. The molecule has 2 heterocycles. The summed E-state index contributed by atoms with van der Waals surface area (Å²) in [4.78, 5) is 22.2. The monoisotopic (exact) mass is 365 g/mol. The van der Waals surface area contributed by atoms with Gasteiger partial charge in [0.05, 0.1) is 36.5 Å². The van der Waals surface area contributed by atoms with Gasteiger partial charge in [0.1, 0.15) is 5.82 Å². The van der Waals surface area contributed by atoms with Gasteiger partial charge in [-0.05, 0) is 31.0 Å². The topological polar surface area (TPSA) is 87.1 Å². The smallest absolute Gasteiger partial charge is 0.478 e. The second kappa shape index (κ2) is 7.26. The molecule has 2 aliphatic heterocycles. The van der Waals surface area contributed by atoms with Crippen molar-refractivity contribution in [1.82, 2.24) is 0 Å². The number of carboxylic acid groups (broad SMARTS) is 2. The Morgan fingerprint density at radius 3 is 2.08 bits per heavy atom. The van der Waals surface area contributed by atoms with Gasteiger partial charge in [-0.3, -0.25) is 0 Å². The third kappa shape index (κ3) is 4.38. The standard InChI is InChI=1S/C13H14FNO3.C2HF3O2/c14-8-1-4-12(11(5-8)13(16)17)15-9-2-3-10(15)7-18-6-9;3-2(4,5)1(6)7/h1,4-5,9-10H,2-3,6-7H2,(H,16,17);(H,6,7). The number of hydrogen-bond acceptors (Lipinski definition) is 4. The predicted octanol–water partition coefficient (Wildman–Crippen LogP) is 2.52. The molecule has 6 nitrogen and oxygen atoms in total. The van der Waals surface area contributed by atoms with Crippen molar-refractivity contribution in [2.75, 3.05) is 18.1 Å². The molecule has 0 aliphatic carbocycles. The molecule has 3 rings (SSSR count). The Morgan fingerprint density at radius 2 is 1.64 bits per heavy atom. The highest BCUT2D eigenvalue weighted by atomic mass is 19.4. The first-order valence-electron chi connectivity index (χ1n) is 7.30. The summed E-state index contributed by atoms with van der Waals surface area (Å²) in [6.07, 6.45) is -3.08. The van der Waals surface area contributed by atoms with Gasteiger partial charge < -0.3 is 19.8 Å². The van der Waals surface area contributed by atoms with Crippen molar-refractivity contribution >= 4 is 17.6 Å². The minimum absolute atomic E-state index is 0.0359. The molecule has 1 aromatic carbocycles. The van der Waals surface area contributed by atoms with E-state index in [2.05, 4.69) is 4.90 Å². The minimum Gasteiger partial charge on any atom is -0.478 e. The molecule has 2 atom stereocenters. The molecule has 0 aromatic heterocycles. The highest BCUT2D eigenvalue weighted by molar-refractivity contribution is 5.94. The Balaban J connectivity index is 0.000000277. The molecule has 2 fully saturated rings. The first-order chi connectivity index (χ1) is 11.6. The van der Waals surface area contributed by atoms with Crippen LogP contribution in [0.15, 0.2) is 18.2 Å². The Labute approximate surface area is 139 Å². The van der Waals surface area contributed by atoms with Crippen molar-refractivity contribution in [3.63, 3.8) is 0 Å². The fourth-order valence-electron chi connectivity index (χ4n) is 2.93. The van der Waals surface area contributed by atoms with Crippen LogP contribution in [0.25, 0.3) is 0 Å². The van der Waals surface area contributed by atoms with Crippen molar-refractivity contribution in [2.45, 2.75) is 31.1 Å². The van der Waals surface area contributed by atoms with Crippen LogP contribution in [0.4, 0.5) is 23.2 Å². The van der Waals surface area contributed by atoms with Gasteiger partial charge in [0.15, 0.2) is 0 Å². The van der Waals surface area contributed by atoms with Gasteiger partial charge in [-0.2, -0.15) is 13.2 Å². The number of fused-ring (bicyclic) bond motifs is 2. The van der Waals surface area contributed by atoms with Crippen molar-refractivity contribution < 1.29 is 42.1 Å². The van der Waals surface area contributed by atoms with Crippen molar-refractivity contribution in [3.8, 4) is 0 Å². The maximum absolute atomic E-state index is 13.2. The van der Waals surface area contributed by atoms with Gasteiger partial charge >= 0.3 is 18.1 Å². The molecule has 2 unspecified atom stereocenters. The summed E-state index contributed by atoms with van der Waals surface area (Å²) in [6.45, 7) is 1.24. The molecule has 2 aliphatic rings. The van der Waals surface area contributed by atoms with Gasteiger partial charge in [0, 0.05) is 0 Å². The number of carboxylic acids is 2. The number of nitrogens with zero attached hydrogens (tertiary/aromatic N) is 1. The summed E-state index contributed by atoms with van der Waals surface area (Å²) in [5.74, 6) is -4.36. The molecule has 0 saturated carbocycles. The van der Waals surface area contributed by atoms with Gasteiger partial charge in [0.2, 0.25) is 0 Å². The van der Waals surface area contributed by atoms with Crippen molar-refractivity contribution in [2.24, 2.45) is 0 Å². The van der Waals surface area contributed by atoms with Crippen molar-refractivity contribution in [1.29, 1.82) is 0 Å². The minimum atomic E-state index is -5.08. The van der Waals surface area contributed by atoms with Gasteiger partial charge in [-0.1, -0.05) is 0 Å². The summed E-state index contributed by atoms with van der Waals surface area (Å²) >= 11 is 0. The number of benzene rings is 1. The van der Waals surface area contributed by atoms with E-state index in [4.69, 9.17) is 14.6 Å². The number of aromatic carboxylic acids is 1. The summed E-state index contributed by atoms with van der Waals surface area (Å²) in [5.41, 5.74) is 0.647.